The fraction of sp³-hybridized carbons (Fsp3) is 0.276. The third kappa shape index (κ3) is 5.88. The molecule has 4 rings (SSSR count). The normalized spacial score (nSPS) is 14.3. The van der Waals surface area contributed by atoms with E-state index in [0.717, 1.165) is 9.13 Å². The summed E-state index contributed by atoms with van der Waals surface area (Å²) in [6.45, 7) is 4.73. The molecule has 208 valence electrons. The van der Waals surface area contributed by atoms with Crippen molar-refractivity contribution in [3.05, 3.63) is 76.5 Å². The Hall–Kier alpha value is -3.76. The second kappa shape index (κ2) is 13.1. The zero-order valence-corrected chi connectivity index (χ0v) is 25.3. The van der Waals surface area contributed by atoms with E-state index in [1.807, 2.05) is 19.9 Å². The van der Waals surface area contributed by atoms with E-state index in [1.54, 1.807) is 30.3 Å². The lowest BCUT2D eigenvalue weighted by Crippen LogP contribution is -2.39. The van der Waals surface area contributed by atoms with Crippen LogP contribution in [-0.4, -0.2) is 44.6 Å². The van der Waals surface area contributed by atoms with Crippen molar-refractivity contribution < 1.29 is 28.5 Å². The number of ether oxygens (including phenoxy) is 5. The molecule has 9 nitrogen and oxygen atoms in total. The van der Waals surface area contributed by atoms with Crippen LogP contribution in [0.5, 0.6) is 23.0 Å². The van der Waals surface area contributed by atoms with Gasteiger partial charge in [0.25, 0.3) is 5.56 Å². The molecule has 0 aliphatic carbocycles. The number of halogens is 1. The number of fused-ring (bicyclic) bond motifs is 1. The number of carbonyl (C=O) groups is 1. The van der Waals surface area contributed by atoms with Crippen LogP contribution in [0.3, 0.4) is 0 Å². The van der Waals surface area contributed by atoms with Gasteiger partial charge in [-0.1, -0.05) is 23.3 Å². The van der Waals surface area contributed by atoms with Crippen molar-refractivity contribution in [2.75, 3.05) is 34.0 Å². The summed E-state index contributed by atoms with van der Waals surface area (Å²) >= 11 is 3.35. The second-order valence-electron chi connectivity index (χ2n) is 8.28. The molecule has 0 bridgehead atoms. The Kier molecular flexibility index (Phi) is 9.54. The minimum absolute atomic E-state index is 0.101. The molecule has 0 amide bonds. The maximum absolute atomic E-state index is 13.9. The van der Waals surface area contributed by atoms with Gasteiger partial charge in [-0.15, -0.1) is 6.42 Å². The highest BCUT2D eigenvalue weighted by atomic mass is 127. The van der Waals surface area contributed by atoms with Gasteiger partial charge in [0.05, 0.1) is 47.2 Å². The molecule has 0 N–H and O–H groups in total. The van der Waals surface area contributed by atoms with E-state index in [-0.39, 0.29) is 17.7 Å². The van der Waals surface area contributed by atoms with Gasteiger partial charge in [-0.2, -0.15) is 0 Å². The lowest BCUT2D eigenvalue weighted by atomic mass is 9.97. The fourth-order valence-electron chi connectivity index (χ4n) is 4.22. The summed E-state index contributed by atoms with van der Waals surface area (Å²) in [5, 5.41) is 0. The minimum Gasteiger partial charge on any atom is -0.493 e. The summed E-state index contributed by atoms with van der Waals surface area (Å²) in [6, 6.07) is 8.21. The number of rotatable bonds is 10. The Labute approximate surface area is 248 Å². The smallest absolute Gasteiger partial charge is 0.337 e. The molecule has 0 saturated heterocycles. The van der Waals surface area contributed by atoms with Gasteiger partial charge in [-0.05, 0) is 77.9 Å². The molecule has 11 heteroatoms. The van der Waals surface area contributed by atoms with E-state index in [1.165, 1.54) is 36.3 Å². The Balaban J connectivity index is 1.88. The number of esters is 1. The number of aromatic nitrogens is 1. The maximum Gasteiger partial charge on any atom is 0.337 e. The summed E-state index contributed by atoms with van der Waals surface area (Å²) in [5.41, 5.74) is 1.29. The van der Waals surface area contributed by atoms with Crippen LogP contribution in [0, 0.1) is 15.9 Å². The Bertz CT molecular complexity index is 1680. The number of terminal acetylenes is 1. The average Bonchev–Trinajstić information content (AvgIpc) is 3.27. The van der Waals surface area contributed by atoms with Crippen LogP contribution in [0.15, 0.2) is 51.9 Å². The van der Waals surface area contributed by atoms with Crippen molar-refractivity contribution in [1.29, 1.82) is 0 Å². The molecule has 2 aromatic carbocycles. The summed E-state index contributed by atoms with van der Waals surface area (Å²) in [6.07, 6.45) is 8.54. The molecule has 3 aromatic rings. The molecule has 1 aliphatic rings. The lowest BCUT2D eigenvalue weighted by Gasteiger charge is -2.23. The lowest BCUT2D eigenvalue weighted by molar-refractivity contribution is -0.136. The number of benzene rings is 2. The van der Waals surface area contributed by atoms with E-state index in [0.29, 0.717) is 51.1 Å². The third-order valence-corrected chi connectivity index (χ3v) is 7.66. The largest absolute Gasteiger partial charge is 0.493 e. The van der Waals surface area contributed by atoms with Crippen LogP contribution in [0.25, 0.3) is 6.08 Å². The predicted octanol–water partition coefficient (Wildman–Crippen LogP) is 3.44. The van der Waals surface area contributed by atoms with Gasteiger partial charge in [-0.3, -0.25) is 9.36 Å². The molecule has 0 unspecified atom stereocenters. The van der Waals surface area contributed by atoms with Crippen LogP contribution in [0.4, 0.5) is 0 Å². The SMILES string of the molecule is C#CCOc1c(I)cc(/C=c2\sc3n(c2=O)[C@@H](c2ccc(OCC)c(OCC)c2)C(C(=O)OC)=CN=3)cc1OC. The zero-order chi connectivity index (χ0) is 28.8. The van der Waals surface area contributed by atoms with E-state index in [4.69, 9.17) is 30.1 Å². The van der Waals surface area contributed by atoms with Gasteiger partial charge in [0.1, 0.15) is 6.61 Å². The molecule has 2 heterocycles. The van der Waals surface area contributed by atoms with Crippen LogP contribution in [0.1, 0.15) is 31.0 Å². The zero-order valence-electron chi connectivity index (χ0n) is 22.4. The number of methoxy groups -OCH3 is 2. The quantitative estimate of drug-likeness (QED) is 0.185. The number of hydrogen-bond donors (Lipinski definition) is 0. The molecule has 0 radical (unpaired) electrons. The predicted molar refractivity (Wildman–Crippen MR) is 160 cm³/mol. The van der Waals surface area contributed by atoms with E-state index in [9.17, 15) is 9.59 Å². The summed E-state index contributed by atoms with van der Waals surface area (Å²) in [7, 11) is 2.83. The van der Waals surface area contributed by atoms with Crippen molar-refractivity contribution in [3.8, 4) is 35.3 Å². The van der Waals surface area contributed by atoms with Crippen molar-refractivity contribution in [1.82, 2.24) is 4.57 Å². The first-order chi connectivity index (χ1) is 19.4. The Morgan fingerprint density at radius 2 is 1.88 bits per heavy atom. The van der Waals surface area contributed by atoms with Crippen LogP contribution >= 0.6 is 33.9 Å². The first kappa shape index (κ1) is 29.2. The number of carbonyl (C=O) groups excluding carboxylic acids is 1. The summed E-state index contributed by atoms with van der Waals surface area (Å²) in [5.74, 6) is 3.96. The highest BCUT2D eigenvalue weighted by Gasteiger charge is 2.31. The topological polar surface area (TPSA) is 97.6 Å². The molecular weight excluding hydrogens is 647 g/mol. The Morgan fingerprint density at radius 3 is 2.55 bits per heavy atom. The average molecular weight is 675 g/mol. The van der Waals surface area contributed by atoms with E-state index >= 15 is 0 Å². The minimum atomic E-state index is -0.782. The summed E-state index contributed by atoms with van der Waals surface area (Å²) < 4.78 is 30.4. The van der Waals surface area contributed by atoms with Gasteiger partial charge < -0.3 is 23.7 Å². The molecule has 1 aromatic heterocycles. The molecule has 0 fully saturated rings. The highest BCUT2D eigenvalue weighted by Crippen LogP contribution is 2.36. The van der Waals surface area contributed by atoms with Gasteiger partial charge in [0.15, 0.2) is 27.8 Å². The monoisotopic (exact) mass is 674 g/mol. The van der Waals surface area contributed by atoms with Crippen LogP contribution in [0.2, 0.25) is 0 Å². The molecule has 1 aliphatic heterocycles. The summed E-state index contributed by atoms with van der Waals surface area (Å²) in [4.78, 5) is 31.5. The van der Waals surface area contributed by atoms with E-state index in [2.05, 4.69) is 33.5 Å². The highest BCUT2D eigenvalue weighted by molar-refractivity contribution is 14.1. The molecule has 1 atom stereocenters. The molecule has 0 saturated carbocycles. The Morgan fingerprint density at radius 1 is 1.12 bits per heavy atom. The molecule has 0 spiro atoms. The second-order valence-corrected chi connectivity index (χ2v) is 10.4. The van der Waals surface area contributed by atoms with Gasteiger partial charge in [0.2, 0.25) is 0 Å². The van der Waals surface area contributed by atoms with Crippen LogP contribution in [-0.2, 0) is 9.53 Å². The first-order valence-corrected chi connectivity index (χ1v) is 14.2. The van der Waals surface area contributed by atoms with Gasteiger partial charge in [-0.25, -0.2) is 9.79 Å². The van der Waals surface area contributed by atoms with Crippen LogP contribution < -0.4 is 33.8 Å². The molecule has 40 heavy (non-hydrogen) atoms. The van der Waals surface area contributed by atoms with Crippen molar-refractivity contribution in [2.24, 2.45) is 4.99 Å². The van der Waals surface area contributed by atoms with Gasteiger partial charge >= 0.3 is 5.97 Å². The third-order valence-electron chi connectivity index (χ3n) is 5.86. The molecular formula is C29H27IN2O7S. The maximum atomic E-state index is 13.9. The van der Waals surface area contributed by atoms with Crippen molar-refractivity contribution in [2.45, 2.75) is 19.9 Å². The number of thiazole rings is 1. The van der Waals surface area contributed by atoms with Gasteiger partial charge in [0, 0.05) is 6.20 Å². The van der Waals surface area contributed by atoms with E-state index < -0.39 is 12.0 Å². The standard InChI is InChI=1S/C29H27IN2O7S/c1-6-11-39-26-20(30)12-17(13-23(26)35-4)14-24-27(33)32-25(19(28(34)36-5)16-31-29(32)40-24)18-9-10-21(37-7-2)22(15-18)38-8-3/h1,9-10,12-16,25H,7-8,11H2,2-5H3/b24-14-/t25-/m0/s1. The first-order valence-electron chi connectivity index (χ1n) is 12.3. The van der Waals surface area contributed by atoms with Crippen molar-refractivity contribution in [3.63, 3.8) is 0 Å². The fourth-order valence-corrected chi connectivity index (χ4v) is 5.97. The number of nitrogens with zero attached hydrogens (tertiary/aromatic N) is 2. The van der Waals surface area contributed by atoms with Crippen molar-refractivity contribution >= 4 is 46.0 Å². The number of hydrogen-bond acceptors (Lipinski definition) is 9.